The van der Waals surface area contributed by atoms with Crippen LogP contribution in [0.5, 0.6) is 0 Å². The first-order valence-corrected chi connectivity index (χ1v) is 14.6. The minimum absolute atomic E-state index is 0.00383. The number of ether oxygens (including phenoxy) is 4. The van der Waals surface area contributed by atoms with Crippen LogP contribution in [0, 0.1) is 28.6 Å². The highest BCUT2D eigenvalue weighted by atomic mass is 16.8. The second-order valence-electron chi connectivity index (χ2n) is 15.0. The van der Waals surface area contributed by atoms with Gasteiger partial charge in [-0.05, 0) is 96.3 Å². The van der Waals surface area contributed by atoms with Crippen LogP contribution in [0.25, 0.3) is 0 Å². The molecule has 0 amide bonds. The molecule has 2 aliphatic carbocycles. The summed E-state index contributed by atoms with van der Waals surface area (Å²) in [5.41, 5.74) is -1.05. The SMILES string of the molecule is C[C@H]1CC[C@@]23O[C@@H](CC[C@H]2[C@@]1(C)CC[C@]1(C)[C@@H](C)CC[C@@H]2O[C@]4(O)CC[C@@]21OC4(C)C)C(C)(C)O3. The molecule has 2 spiro atoms. The van der Waals surface area contributed by atoms with Crippen molar-refractivity contribution in [1.29, 1.82) is 0 Å². The van der Waals surface area contributed by atoms with Crippen molar-refractivity contribution in [3.05, 3.63) is 0 Å². The molecule has 5 heterocycles. The van der Waals surface area contributed by atoms with E-state index in [9.17, 15) is 5.11 Å². The summed E-state index contributed by atoms with van der Waals surface area (Å²) in [4.78, 5) is 0. The molecule has 35 heavy (non-hydrogen) atoms. The Hall–Kier alpha value is -0.200. The summed E-state index contributed by atoms with van der Waals surface area (Å²) in [6.45, 7) is 18.4. The quantitative estimate of drug-likeness (QED) is 0.499. The molecule has 10 atom stereocenters. The van der Waals surface area contributed by atoms with Crippen molar-refractivity contribution in [3.63, 3.8) is 0 Å². The normalized spacial score (nSPS) is 58.0. The number of hydrogen-bond donors (Lipinski definition) is 1. The van der Waals surface area contributed by atoms with Gasteiger partial charge in [-0.3, -0.25) is 0 Å². The van der Waals surface area contributed by atoms with Crippen LogP contribution < -0.4 is 0 Å². The van der Waals surface area contributed by atoms with Crippen molar-refractivity contribution in [2.75, 3.05) is 0 Å². The van der Waals surface area contributed by atoms with Crippen molar-refractivity contribution in [2.45, 2.75) is 160 Å². The van der Waals surface area contributed by atoms with Gasteiger partial charge < -0.3 is 24.1 Å². The fourth-order valence-electron chi connectivity index (χ4n) is 9.83. The number of aliphatic hydroxyl groups is 1. The standard InChI is InChI=1S/C30H50O5/c1-19-13-14-29-21(10-12-22(32-29)24(3,4)34-29)26(19,7)15-16-27(8)20(2)9-11-23-28(27)17-18-30(31,33-23)25(5,6)35-28/h19-23,31H,9-18H2,1-8H3/t19-,20-,21-,22-,23-,26-,27+,28+,29-,30+/m0/s1. The monoisotopic (exact) mass is 490 g/mol. The molecule has 5 saturated heterocycles. The molecular formula is C30H50O5. The van der Waals surface area contributed by atoms with Crippen molar-refractivity contribution in [3.8, 4) is 0 Å². The van der Waals surface area contributed by atoms with E-state index >= 15 is 0 Å². The molecular weight excluding hydrogens is 440 g/mol. The van der Waals surface area contributed by atoms with Gasteiger partial charge in [0, 0.05) is 24.2 Å². The molecule has 0 unspecified atom stereocenters. The second-order valence-corrected chi connectivity index (χ2v) is 15.0. The Bertz CT molecular complexity index is 886. The highest BCUT2D eigenvalue weighted by Gasteiger charge is 2.72. The third kappa shape index (κ3) is 3.05. The fourth-order valence-corrected chi connectivity index (χ4v) is 9.83. The zero-order valence-electron chi connectivity index (χ0n) is 23.5. The lowest BCUT2D eigenvalue weighted by atomic mass is 9.49. The van der Waals surface area contributed by atoms with Gasteiger partial charge in [0.1, 0.15) is 11.2 Å². The first-order chi connectivity index (χ1) is 16.1. The first kappa shape index (κ1) is 25.1. The molecule has 4 bridgehead atoms. The molecule has 0 radical (unpaired) electrons. The smallest absolute Gasteiger partial charge is 0.195 e. The predicted molar refractivity (Wildman–Crippen MR) is 135 cm³/mol. The Morgan fingerprint density at radius 1 is 0.714 bits per heavy atom. The Morgan fingerprint density at radius 2 is 1.43 bits per heavy atom. The summed E-state index contributed by atoms with van der Waals surface area (Å²) in [6, 6.07) is 0. The summed E-state index contributed by atoms with van der Waals surface area (Å²) < 4.78 is 27.1. The van der Waals surface area contributed by atoms with Gasteiger partial charge in [-0.15, -0.1) is 0 Å². The van der Waals surface area contributed by atoms with Crippen molar-refractivity contribution < 1.29 is 24.1 Å². The highest BCUT2D eigenvalue weighted by Crippen LogP contribution is 2.67. The molecule has 2 saturated carbocycles. The molecule has 7 fully saturated rings. The van der Waals surface area contributed by atoms with Crippen LogP contribution >= 0.6 is 0 Å². The molecule has 1 N–H and O–H groups in total. The maximum Gasteiger partial charge on any atom is 0.195 e. The summed E-state index contributed by atoms with van der Waals surface area (Å²) in [5.74, 6) is 0.0514. The third-order valence-electron chi connectivity index (χ3n) is 12.8. The minimum Gasteiger partial charge on any atom is -0.363 e. The fraction of sp³-hybridized carbons (Fsp3) is 1.00. The van der Waals surface area contributed by atoms with Gasteiger partial charge in [-0.1, -0.05) is 27.7 Å². The van der Waals surface area contributed by atoms with Gasteiger partial charge in [0.05, 0.1) is 17.8 Å². The third-order valence-corrected chi connectivity index (χ3v) is 12.8. The molecule has 7 rings (SSSR count). The lowest BCUT2D eigenvalue weighted by Gasteiger charge is -2.70. The van der Waals surface area contributed by atoms with Gasteiger partial charge >= 0.3 is 0 Å². The van der Waals surface area contributed by atoms with E-state index < -0.39 is 17.2 Å². The predicted octanol–water partition coefficient (Wildman–Crippen LogP) is 6.35. The summed E-state index contributed by atoms with van der Waals surface area (Å²) in [7, 11) is 0. The molecule has 0 aromatic heterocycles. The van der Waals surface area contributed by atoms with Crippen LogP contribution in [0.2, 0.25) is 0 Å². The molecule has 200 valence electrons. The van der Waals surface area contributed by atoms with E-state index in [1.165, 1.54) is 6.42 Å². The van der Waals surface area contributed by atoms with Crippen LogP contribution in [0.1, 0.15) is 120 Å². The van der Waals surface area contributed by atoms with Crippen molar-refractivity contribution in [2.24, 2.45) is 28.6 Å². The summed E-state index contributed by atoms with van der Waals surface area (Å²) in [6.07, 6.45) is 10.6. The lowest BCUT2D eigenvalue weighted by molar-refractivity contribution is -0.468. The molecule has 0 aromatic carbocycles. The molecule has 0 aromatic rings. The highest BCUT2D eigenvalue weighted by molar-refractivity contribution is 5.18. The van der Waals surface area contributed by atoms with Crippen LogP contribution in [0.4, 0.5) is 0 Å². The van der Waals surface area contributed by atoms with Gasteiger partial charge in [-0.2, -0.15) is 0 Å². The second kappa shape index (κ2) is 7.25. The molecule has 5 heteroatoms. The van der Waals surface area contributed by atoms with Crippen molar-refractivity contribution in [1.82, 2.24) is 0 Å². The van der Waals surface area contributed by atoms with Crippen molar-refractivity contribution >= 4 is 0 Å². The maximum absolute atomic E-state index is 11.3. The Morgan fingerprint density at radius 3 is 2.14 bits per heavy atom. The average molecular weight is 491 g/mol. The Kier molecular flexibility index (Phi) is 5.20. The van der Waals surface area contributed by atoms with Gasteiger partial charge in [0.2, 0.25) is 0 Å². The topological polar surface area (TPSA) is 57.2 Å². The van der Waals surface area contributed by atoms with Crippen LogP contribution in [0.3, 0.4) is 0 Å². The number of rotatable bonds is 3. The van der Waals surface area contributed by atoms with E-state index in [-0.39, 0.29) is 34.2 Å². The van der Waals surface area contributed by atoms with E-state index in [1.807, 2.05) is 13.8 Å². The van der Waals surface area contributed by atoms with E-state index in [0.717, 1.165) is 51.4 Å². The maximum atomic E-state index is 11.3. The van der Waals surface area contributed by atoms with E-state index in [0.29, 0.717) is 24.2 Å². The lowest BCUT2D eigenvalue weighted by Crippen LogP contribution is -2.78. The largest absolute Gasteiger partial charge is 0.363 e. The Balaban J connectivity index is 1.31. The minimum atomic E-state index is -1.17. The number of hydrogen-bond acceptors (Lipinski definition) is 5. The van der Waals surface area contributed by atoms with E-state index in [2.05, 4.69) is 41.5 Å². The van der Waals surface area contributed by atoms with Crippen LogP contribution in [-0.4, -0.2) is 45.7 Å². The van der Waals surface area contributed by atoms with Gasteiger partial charge in [0.15, 0.2) is 11.6 Å². The van der Waals surface area contributed by atoms with Crippen LogP contribution in [-0.2, 0) is 18.9 Å². The zero-order chi connectivity index (χ0) is 25.3. The molecule has 5 aliphatic heterocycles. The summed E-state index contributed by atoms with van der Waals surface area (Å²) >= 11 is 0. The zero-order valence-corrected chi connectivity index (χ0v) is 23.5. The first-order valence-electron chi connectivity index (χ1n) is 14.6. The molecule has 5 nitrogen and oxygen atoms in total. The summed E-state index contributed by atoms with van der Waals surface area (Å²) in [5, 5.41) is 11.3. The average Bonchev–Trinajstić information content (AvgIpc) is 2.97. The Labute approximate surface area is 213 Å². The van der Waals surface area contributed by atoms with Gasteiger partial charge in [0.25, 0.3) is 0 Å². The van der Waals surface area contributed by atoms with E-state index in [4.69, 9.17) is 18.9 Å². The van der Waals surface area contributed by atoms with Gasteiger partial charge in [-0.25, -0.2) is 0 Å². The number of fused-ring (bicyclic) bond motifs is 3. The van der Waals surface area contributed by atoms with E-state index in [1.54, 1.807) is 0 Å². The van der Waals surface area contributed by atoms with Crippen LogP contribution in [0.15, 0.2) is 0 Å². The molecule has 7 aliphatic rings.